The second-order valence-electron chi connectivity index (χ2n) is 8.85. The number of esters is 1. The molecule has 2 rings (SSSR count). The zero-order chi connectivity index (χ0) is 21.3. The SMILES string of the molecule is CCCCC(O)(CC=C[C@@H]1[C@@H](CCCCSCC(=O)OC)[C@@H](O)C[C@H]1O)C1CC1. The average molecular weight is 429 g/mol. The van der Waals surface area contributed by atoms with E-state index in [1.165, 1.54) is 7.11 Å². The number of methoxy groups -OCH3 is 1. The molecule has 3 N–H and O–H groups in total. The van der Waals surface area contributed by atoms with Crippen molar-refractivity contribution in [3.8, 4) is 0 Å². The van der Waals surface area contributed by atoms with Crippen molar-refractivity contribution in [1.82, 2.24) is 0 Å². The first kappa shape index (κ1) is 24.7. The average Bonchev–Trinajstić information content (AvgIpc) is 3.51. The molecule has 0 spiro atoms. The number of hydrogen-bond acceptors (Lipinski definition) is 6. The molecule has 29 heavy (non-hydrogen) atoms. The molecule has 5 atom stereocenters. The number of carbonyl (C=O) groups is 1. The van der Waals surface area contributed by atoms with Gasteiger partial charge in [0.1, 0.15) is 0 Å². The van der Waals surface area contributed by atoms with Gasteiger partial charge in [0.15, 0.2) is 0 Å². The van der Waals surface area contributed by atoms with Gasteiger partial charge >= 0.3 is 5.97 Å². The molecule has 2 saturated carbocycles. The monoisotopic (exact) mass is 428 g/mol. The Labute approximate surface area is 180 Å². The van der Waals surface area contributed by atoms with Gasteiger partial charge in [-0.2, -0.15) is 11.8 Å². The Morgan fingerprint density at radius 1 is 1.21 bits per heavy atom. The Kier molecular flexibility index (Phi) is 10.5. The van der Waals surface area contributed by atoms with Crippen LogP contribution in [0.5, 0.6) is 0 Å². The number of hydrogen-bond donors (Lipinski definition) is 3. The van der Waals surface area contributed by atoms with Gasteiger partial charge in [0, 0.05) is 12.3 Å². The number of unbranched alkanes of at least 4 members (excludes halogenated alkanes) is 2. The Morgan fingerprint density at radius 2 is 1.97 bits per heavy atom. The summed E-state index contributed by atoms with van der Waals surface area (Å²) in [5.74, 6) is 1.54. The highest BCUT2D eigenvalue weighted by Crippen LogP contribution is 2.45. The van der Waals surface area contributed by atoms with Crippen LogP contribution in [0.2, 0.25) is 0 Å². The lowest BCUT2D eigenvalue weighted by molar-refractivity contribution is -0.137. The maximum absolute atomic E-state index is 11.1. The Bertz CT molecular complexity index is 521. The standard InChI is InChI=1S/C23H40O5S/c1-3-4-12-23(27,17-10-11-17)13-7-9-19-18(20(24)15-21(19)25)8-5-6-14-29-16-22(26)28-2/h7,9,17-21,24-25,27H,3-6,8,10-16H2,1-2H3/t18-,19-,20+,21-,23?/m1/s1. The summed E-state index contributed by atoms with van der Waals surface area (Å²) in [6, 6.07) is 0. The third-order valence-corrected chi connectivity index (χ3v) is 7.59. The normalized spacial score (nSPS) is 29.3. The van der Waals surface area contributed by atoms with Gasteiger partial charge in [-0.25, -0.2) is 0 Å². The second kappa shape index (κ2) is 12.3. The molecule has 0 saturated heterocycles. The first-order valence-corrected chi connectivity index (χ1v) is 12.5. The number of thioether (sulfide) groups is 1. The van der Waals surface area contributed by atoms with E-state index in [9.17, 15) is 20.1 Å². The van der Waals surface area contributed by atoms with Gasteiger partial charge in [0.25, 0.3) is 0 Å². The lowest BCUT2D eigenvalue weighted by Crippen LogP contribution is -2.30. The summed E-state index contributed by atoms with van der Waals surface area (Å²) in [6.07, 6.45) is 12.2. The molecule has 0 aromatic heterocycles. The van der Waals surface area contributed by atoms with Gasteiger partial charge in [-0.05, 0) is 56.1 Å². The smallest absolute Gasteiger partial charge is 0.315 e. The quantitative estimate of drug-likeness (QED) is 0.222. The van der Waals surface area contributed by atoms with E-state index < -0.39 is 17.8 Å². The van der Waals surface area contributed by atoms with Crippen LogP contribution in [0, 0.1) is 17.8 Å². The van der Waals surface area contributed by atoms with E-state index in [-0.39, 0.29) is 17.8 Å². The summed E-state index contributed by atoms with van der Waals surface area (Å²) in [5.41, 5.74) is -0.596. The molecule has 0 aromatic carbocycles. The third-order valence-electron chi connectivity index (χ3n) is 6.57. The van der Waals surface area contributed by atoms with Crippen molar-refractivity contribution in [2.45, 2.75) is 88.9 Å². The summed E-state index contributed by atoms with van der Waals surface area (Å²) in [6.45, 7) is 2.15. The molecule has 2 aliphatic rings. The minimum atomic E-state index is -0.596. The summed E-state index contributed by atoms with van der Waals surface area (Å²) in [4.78, 5) is 11.1. The van der Waals surface area contributed by atoms with Crippen LogP contribution >= 0.6 is 11.8 Å². The van der Waals surface area contributed by atoms with E-state index in [0.29, 0.717) is 24.5 Å². The fourth-order valence-corrected chi connectivity index (χ4v) is 5.42. The van der Waals surface area contributed by atoms with E-state index in [2.05, 4.69) is 23.8 Å². The highest BCUT2D eigenvalue weighted by atomic mass is 32.2. The Morgan fingerprint density at radius 3 is 2.62 bits per heavy atom. The van der Waals surface area contributed by atoms with Crippen LogP contribution in [0.3, 0.4) is 0 Å². The molecular weight excluding hydrogens is 388 g/mol. The number of carbonyl (C=O) groups excluding carboxylic acids is 1. The van der Waals surface area contributed by atoms with Gasteiger partial charge in [0.05, 0.1) is 30.7 Å². The minimum absolute atomic E-state index is 0.0395. The molecule has 1 unspecified atom stereocenters. The predicted molar refractivity (Wildman–Crippen MR) is 118 cm³/mol. The van der Waals surface area contributed by atoms with Crippen molar-refractivity contribution in [1.29, 1.82) is 0 Å². The molecule has 0 heterocycles. The summed E-state index contributed by atoms with van der Waals surface area (Å²) in [7, 11) is 1.40. The van der Waals surface area contributed by atoms with Crippen molar-refractivity contribution in [2.24, 2.45) is 17.8 Å². The topological polar surface area (TPSA) is 87.0 Å². The maximum atomic E-state index is 11.1. The van der Waals surface area contributed by atoms with Crippen LogP contribution in [0.25, 0.3) is 0 Å². The molecule has 0 amide bonds. The Hall–Kier alpha value is -0.560. The number of aliphatic hydroxyl groups excluding tert-OH is 2. The van der Waals surface area contributed by atoms with Crippen LogP contribution in [0.15, 0.2) is 12.2 Å². The number of rotatable bonds is 14. The fourth-order valence-electron chi connectivity index (χ4n) is 4.58. The van der Waals surface area contributed by atoms with Gasteiger partial charge in [-0.15, -0.1) is 0 Å². The van der Waals surface area contributed by atoms with Crippen LogP contribution in [0.1, 0.15) is 71.1 Å². The molecule has 0 aromatic rings. The van der Waals surface area contributed by atoms with E-state index in [1.54, 1.807) is 11.8 Å². The van der Waals surface area contributed by atoms with E-state index in [4.69, 9.17) is 0 Å². The molecule has 168 valence electrons. The van der Waals surface area contributed by atoms with Crippen molar-refractivity contribution >= 4 is 17.7 Å². The van der Waals surface area contributed by atoms with Crippen molar-refractivity contribution in [2.75, 3.05) is 18.6 Å². The predicted octanol–water partition coefficient (Wildman–Crippen LogP) is 3.70. The first-order chi connectivity index (χ1) is 13.9. The largest absolute Gasteiger partial charge is 0.468 e. The number of ether oxygens (including phenoxy) is 1. The van der Waals surface area contributed by atoms with Crippen molar-refractivity contribution < 1.29 is 24.9 Å². The van der Waals surface area contributed by atoms with Gasteiger partial charge < -0.3 is 20.1 Å². The zero-order valence-corrected chi connectivity index (χ0v) is 18.9. The Balaban J connectivity index is 1.79. The highest BCUT2D eigenvalue weighted by molar-refractivity contribution is 7.99. The van der Waals surface area contributed by atoms with Crippen molar-refractivity contribution in [3.05, 3.63) is 12.2 Å². The maximum Gasteiger partial charge on any atom is 0.315 e. The van der Waals surface area contributed by atoms with Crippen molar-refractivity contribution in [3.63, 3.8) is 0 Å². The molecule has 0 aliphatic heterocycles. The summed E-state index contributed by atoms with van der Waals surface area (Å²) < 4.78 is 4.63. The molecule has 2 aliphatic carbocycles. The van der Waals surface area contributed by atoms with Crippen LogP contribution in [-0.4, -0.2) is 57.7 Å². The summed E-state index contributed by atoms with van der Waals surface area (Å²) in [5, 5.41) is 31.8. The third kappa shape index (κ3) is 7.89. The van der Waals surface area contributed by atoms with Gasteiger partial charge in [-0.3, -0.25) is 4.79 Å². The highest BCUT2D eigenvalue weighted by Gasteiger charge is 2.43. The van der Waals surface area contributed by atoms with E-state index in [1.807, 2.05) is 0 Å². The molecule has 2 fully saturated rings. The van der Waals surface area contributed by atoms with Gasteiger partial charge in [-0.1, -0.05) is 38.3 Å². The van der Waals surface area contributed by atoms with E-state index in [0.717, 1.165) is 57.1 Å². The lowest BCUT2D eigenvalue weighted by atomic mass is 9.85. The first-order valence-electron chi connectivity index (χ1n) is 11.3. The second-order valence-corrected chi connectivity index (χ2v) is 9.95. The molecule has 6 heteroatoms. The molecular formula is C23H40O5S. The van der Waals surface area contributed by atoms with Gasteiger partial charge in [0.2, 0.25) is 0 Å². The molecule has 0 bridgehead atoms. The van der Waals surface area contributed by atoms with Crippen LogP contribution < -0.4 is 0 Å². The number of aliphatic hydroxyl groups is 3. The van der Waals surface area contributed by atoms with E-state index >= 15 is 0 Å². The molecule has 0 radical (unpaired) electrons. The van der Waals surface area contributed by atoms with Crippen LogP contribution in [-0.2, 0) is 9.53 Å². The zero-order valence-electron chi connectivity index (χ0n) is 18.1. The summed E-state index contributed by atoms with van der Waals surface area (Å²) >= 11 is 1.57. The molecule has 5 nitrogen and oxygen atoms in total. The lowest BCUT2D eigenvalue weighted by Gasteiger charge is -2.27. The fraction of sp³-hybridized carbons (Fsp3) is 0.870. The minimum Gasteiger partial charge on any atom is -0.468 e. The van der Waals surface area contributed by atoms with Crippen LogP contribution in [0.4, 0.5) is 0 Å².